The molecule has 1 heterocycles. The van der Waals surface area contributed by atoms with Crippen molar-refractivity contribution in [3.8, 4) is 11.4 Å². The molecule has 0 amide bonds. The Bertz CT molecular complexity index is 756. The molecule has 0 bridgehead atoms. The molecule has 5 nitrogen and oxygen atoms in total. The molecule has 1 aromatic heterocycles. The van der Waals surface area contributed by atoms with Crippen LogP contribution >= 0.6 is 26.6 Å². The maximum absolute atomic E-state index is 11.6. The van der Waals surface area contributed by atoms with E-state index in [-0.39, 0.29) is 11.2 Å². The van der Waals surface area contributed by atoms with Crippen LogP contribution in [-0.4, -0.2) is 23.2 Å². The largest absolute Gasteiger partial charge is 0.296 e. The summed E-state index contributed by atoms with van der Waals surface area (Å²) in [6.45, 7) is 5.65. The van der Waals surface area contributed by atoms with E-state index in [1.54, 1.807) is 0 Å². The van der Waals surface area contributed by atoms with Crippen molar-refractivity contribution in [3.05, 3.63) is 28.2 Å². The third-order valence-electron chi connectivity index (χ3n) is 2.82. The molecular weight excluding hydrogens is 366 g/mol. The second-order valence-electron chi connectivity index (χ2n) is 4.67. The number of rotatable bonds is 3. The third-order valence-corrected chi connectivity index (χ3v) is 4.83. The van der Waals surface area contributed by atoms with Crippen LogP contribution in [0.3, 0.4) is 0 Å². The van der Waals surface area contributed by atoms with E-state index >= 15 is 0 Å². The molecule has 20 heavy (non-hydrogen) atoms. The van der Waals surface area contributed by atoms with E-state index in [9.17, 15) is 8.42 Å². The van der Waals surface area contributed by atoms with E-state index in [1.165, 1.54) is 4.57 Å². The van der Waals surface area contributed by atoms with Gasteiger partial charge in [-0.05, 0) is 38.5 Å². The standard InChI is InChI=1S/C12H13BrClN3O2S/c1-7(2)17-11(15-16-12(17)20(14,18)19)9-4-5-10(13)8(3)6-9/h4-7H,1-3H3. The average molecular weight is 379 g/mol. The van der Waals surface area contributed by atoms with Crippen molar-refractivity contribution in [2.45, 2.75) is 32.0 Å². The zero-order chi connectivity index (χ0) is 15.1. The smallest absolute Gasteiger partial charge is 0.294 e. The lowest BCUT2D eigenvalue weighted by molar-refractivity contribution is 0.530. The van der Waals surface area contributed by atoms with Gasteiger partial charge in [-0.25, -0.2) is 8.42 Å². The fourth-order valence-corrected chi connectivity index (χ4v) is 3.12. The van der Waals surface area contributed by atoms with Crippen LogP contribution in [0, 0.1) is 6.92 Å². The Hall–Kier alpha value is -0.920. The van der Waals surface area contributed by atoms with Crippen LogP contribution in [0.1, 0.15) is 25.5 Å². The van der Waals surface area contributed by atoms with E-state index in [4.69, 9.17) is 10.7 Å². The molecule has 0 spiro atoms. The van der Waals surface area contributed by atoms with Crippen molar-refractivity contribution in [1.29, 1.82) is 0 Å². The van der Waals surface area contributed by atoms with Crippen molar-refractivity contribution in [2.75, 3.05) is 0 Å². The predicted molar refractivity (Wildman–Crippen MR) is 81.3 cm³/mol. The Morgan fingerprint density at radius 1 is 1.30 bits per heavy atom. The lowest BCUT2D eigenvalue weighted by Gasteiger charge is -2.13. The molecule has 108 valence electrons. The minimum absolute atomic E-state index is 0.132. The molecule has 0 unspecified atom stereocenters. The average Bonchev–Trinajstić information content (AvgIpc) is 2.77. The Morgan fingerprint density at radius 2 is 1.95 bits per heavy atom. The molecule has 2 aromatic rings. The van der Waals surface area contributed by atoms with E-state index < -0.39 is 9.05 Å². The Morgan fingerprint density at radius 3 is 2.45 bits per heavy atom. The monoisotopic (exact) mass is 377 g/mol. The second-order valence-corrected chi connectivity index (χ2v) is 7.99. The summed E-state index contributed by atoms with van der Waals surface area (Å²) < 4.78 is 25.6. The molecule has 8 heteroatoms. The van der Waals surface area contributed by atoms with Crippen molar-refractivity contribution in [1.82, 2.24) is 14.8 Å². The first kappa shape index (κ1) is 15.5. The molecule has 0 saturated carbocycles. The molecule has 0 aliphatic carbocycles. The van der Waals surface area contributed by atoms with Gasteiger partial charge in [0.25, 0.3) is 14.2 Å². The topological polar surface area (TPSA) is 64.8 Å². The predicted octanol–water partition coefficient (Wildman–Crippen LogP) is 3.52. The Balaban J connectivity index is 2.69. The van der Waals surface area contributed by atoms with Gasteiger partial charge in [-0.1, -0.05) is 22.0 Å². The minimum Gasteiger partial charge on any atom is -0.294 e. The van der Waals surface area contributed by atoms with Crippen molar-refractivity contribution >= 4 is 35.7 Å². The van der Waals surface area contributed by atoms with Crippen molar-refractivity contribution in [2.24, 2.45) is 0 Å². The lowest BCUT2D eigenvalue weighted by Crippen LogP contribution is -2.10. The lowest BCUT2D eigenvalue weighted by atomic mass is 10.1. The molecule has 0 fully saturated rings. The van der Waals surface area contributed by atoms with Gasteiger partial charge in [0.15, 0.2) is 5.82 Å². The highest BCUT2D eigenvalue weighted by Crippen LogP contribution is 2.28. The summed E-state index contributed by atoms with van der Waals surface area (Å²) in [5, 5.41) is 7.47. The van der Waals surface area contributed by atoms with Crippen LogP contribution in [0.2, 0.25) is 0 Å². The molecule has 0 aliphatic rings. The van der Waals surface area contributed by atoms with Gasteiger partial charge in [-0.15, -0.1) is 10.2 Å². The van der Waals surface area contributed by atoms with Gasteiger partial charge in [-0.2, -0.15) is 0 Å². The first-order valence-electron chi connectivity index (χ1n) is 5.88. The molecular formula is C12H13BrClN3O2S. The highest BCUT2D eigenvalue weighted by molar-refractivity contribution is 9.10. The number of hydrogen-bond donors (Lipinski definition) is 0. The third kappa shape index (κ3) is 2.89. The maximum atomic E-state index is 11.6. The summed E-state index contributed by atoms with van der Waals surface area (Å²) >= 11 is 3.43. The van der Waals surface area contributed by atoms with E-state index in [0.29, 0.717) is 5.82 Å². The summed E-state index contributed by atoms with van der Waals surface area (Å²) in [4.78, 5) is 0. The molecule has 0 N–H and O–H groups in total. The first-order chi connectivity index (χ1) is 9.21. The molecule has 0 atom stereocenters. The Labute approximate surface area is 130 Å². The quantitative estimate of drug-likeness (QED) is 0.766. The van der Waals surface area contributed by atoms with Gasteiger partial charge in [0.05, 0.1) is 0 Å². The zero-order valence-corrected chi connectivity index (χ0v) is 14.3. The normalized spacial score (nSPS) is 12.1. The highest BCUT2D eigenvalue weighted by atomic mass is 79.9. The first-order valence-corrected chi connectivity index (χ1v) is 8.98. The minimum atomic E-state index is -3.93. The van der Waals surface area contributed by atoms with Crippen LogP contribution in [-0.2, 0) is 9.05 Å². The Kier molecular flexibility index (Phi) is 4.22. The summed E-state index contributed by atoms with van der Waals surface area (Å²) in [5.41, 5.74) is 1.81. The number of aryl methyl sites for hydroxylation is 1. The van der Waals surface area contributed by atoms with Crippen molar-refractivity contribution in [3.63, 3.8) is 0 Å². The van der Waals surface area contributed by atoms with Crippen molar-refractivity contribution < 1.29 is 8.42 Å². The van der Waals surface area contributed by atoms with Gasteiger partial charge in [0.1, 0.15) is 0 Å². The number of benzene rings is 1. The van der Waals surface area contributed by atoms with E-state index in [1.807, 2.05) is 39.0 Å². The fourth-order valence-electron chi connectivity index (χ4n) is 1.89. The summed E-state index contributed by atoms with van der Waals surface area (Å²) in [7, 11) is 1.47. The van der Waals surface area contributed by atoms with Crippen LogP contribution in [0.5, 0.6) is 0 Å². The van der Waals surface area contributed by atoms with Crippen LogP contribution in [0.15, 0.2) is 27.8 Å². The maximum Gasteiger partial charge on any atom is 0.296 e. The zero-order valence-electron chi connectivity index (χ0n) is 11.1. The molecule has 0 radical (unpaired) electrons. The summed E-state index contributed by atoms with van der Waals surface area (Å²) in [6, 6.07) is 5.52. The van der Waals surface area contributed by atoms with E-state index in [2.05, 4.69) is 26.1 Å². The van der Waals surface area contributed by atoms with Gasteiger partial charge < -0.3 is 0 Å². The van der Waals surface area contributed by atoms with Crippen LogP contribution in [0.25, 0.3) is 11.4 Å². The highest BCUT2D eigenvalue weighted by Gasteiger charge is 2.25. The van der Waals surface area contributed by atoms with Crippen LogP contribution in [0.4, 0.5) is 0 Å². The number of aromatic nitrogens is 3. The number of nitrogens with zero attached hydrogens (tertiary/aromatic N) is 3. The number of hydrogen-bond acceptors (Lipinski definition) is 4. The van der Waals surface area contributed by atoms with Gasteiger partial charge >= 0.3 is 0 Å². The van der Waals surface area contributed by atoms with Gasteiger partial charge in [0, 0.05) is 26.8 Å². The summed E-state index contributed by atoms with van der Waals surface area (Å²) in [5.74, 6) is 0.481. The SMILES string of the molecule is Cc1cc(-c2nnc(S(=O)(=O)Cl)n2C(C)C)ccc1Br. The van der Waals surface area contributed by atoms with Gasteiger partial charge in [-0.3, -0.25) is 4.57 Å². The van der Waals surface area contributed by atoms with E-state index in [0.717, 1.165) is 15.6 Å². The number of halogens is 2. The molecule has 0 saturated heterocycles. The van der Waals surface area contributed by atoms with Gasteiger partial charge in [0.2, 0.25) is 0 Å². The second kappa shape index (κ2) is 5.46. The molecule has 1 aromatic carbocycles. The molecule has 0 aliphatic heterocycles. The molecule has 2 rings (SSSR count). The van der Waals surface area contributed by atoms with Crippen LogP contribution < -0.4 is 0 Å². The summed E-state index contributed by atoms with van der Waals surface area (Å²) in [6.07, 6.45) is 0. The fraction of sp³-hybridized carbons (Fsp3) is 0.333.